The van der Waals surface area contributed by atoms with E-state index in [1.54, 1.807) is 12.1 Å². The molecule has 0 bridgehead atoms. The highest BCUT2D eigenvalue weighted by Crippen LogP contribution is 2.15. The molecule has 2 rings (SSSR count). The van der Waals surface area contributed by atoms with Gasteiger partial charge in [-0.2, -0.15) is 0 Å². The second kappa shape index (κ2) is 9.56. The molecule has 2 aromatic rings. The largest absolute Gasteiger partial charge is 0.484 e. The van der Waals surface area contributed by atoms with Crippen LogP contribution in [-0.2, 0) is 21.2 Å². The molecule has 0 saturated heterocycles. The van der Waals surface area contributed by atoms with Crippen molar-refractivity contribution in [2.24, 2.45) is 0 Å². The minimum atomic E-state index is -3.66. The molecule has 0 atom stereocenters. The van der Waals surface area contributed by atoms with E-state index < -0.39 is 10.0 Å². The number of ether oxygens (including phenoxy) is 1. The molecule has 2 N–H and O–H groups in total. The molecule has 0 aliphatic carbocycles. The summed E-state index contributed by atoms with van der Waals surface area (Å²) in [6, 6.07) is 13.5. The van der Waals surface area contributed by atoms with E-state index in [4.69, 9.17) is 16.3 Å². The standard InChI is InChI=1S/C18H21ClN2O4S/c1-2-14-6-8-16(9-7-14)25-13-18(22)20-10-11-21-26(23,24)17-5-3-4-15(19)12-17/h3-9,12,21H,2,10-11,13H2,1H3,(H,20,22). The Hall–Kier alpha value is -2.09. The maximum Gasteiger partial charge on any atom is 0.257 e. The van der Waals surface area contributed by atoms with E-state index in [2.05, 4.69) is 17.0 Å². The van der Waals surface area contributed by atoms with Crippen LogP contribution in [0.25, 0.3) is 0 Å². The van der Waals surface area contributed by atoms with Crippen molar-refractivity contribution < 1.29 is 17.9 Å². The molecule has 0 aromatic heterocycles. The number of nitrogens with one attached hydrogen (secondary N) is 2. The normalized spacial score (nSPS) is 11.2. The molecule has 26 heavy (non-hydrogen) atoms. The number of benzene rings is 2. The molecule has 0 fully saturated rings. The molecule has 1 amide bonds. The van der Waals surface area contributed by atoms with Crippen LogP contribution in [0.5, 0.6) is 5.75 Å². The smallest absolute Gasteiger partial charge is 0.257 e. The fourth-order valence-electron chi connectivity index (χ4n) is 2.13. The number of sulfonamides is 1. The van der Waals surface area contributed by atoms with Gasteiger partial charge in [0.25, 0.3) is 5.91 Å². The van der Waals surface area contributed by atoms with E-state index in [1.807, 2.05) is 24.3 Å². The summed E-state index contributed by atoms with van der Waals surface area (Å²) in [6.45, 7) is 2.14. The first-order valence-corrected chi connectivity index (χ1v) is 10.0. The van der Waals surface area contributed by atoms with Crippen molar-refractivity contribution in [1.82, 2.24) is 10.0 Å². The van der Waals surface area contributed by atoms with Gasteiger partial charge < -0.3 is 10.1 Å². The summed E-state index contributed by atoms with van der Waals surface area (Å²) in [5.41, 5.74) is 1.19. The minimum Gasteiger partial charge on any atom is -0.484 e. The van der Waals surface area contributed by atoms with Crippen molar-refractivity contribution in [3.8, 4) is 5.75 Å². The zero-order valence-corrected chi connectivity index (χ0v) is 15.9. The lowest BCUT2D eigenvalue weighted by Gasteiger charge is -2.09. The van der Waals surface area contributed by atoms with Gasteiger partial charge in [-0.05, 0) is 42.3 Å². The SMILES string of the molecule is CCc1ccc(OCC(=O)NCCNS(=O)(=O)c2cccc(Cl)c2)cc1. The van der Waals surface area contributed by atoms with Crippen molar-refractivity contribution in [2.45, 2.75) is 18.2 Å². The Bertz CT molecular complexity index is 839. The van der Waals surface area contributed by atoms with Crippen LogP contribution < -0.4 is 14.8 Å². The van der Waals surface area contributed by atoms with Crippen molar-refractivity contribution in [3.05, 3.63) is 59.1 Å². The van der Waals surface area contributed by atoms with Crippen LogP contribution in [0, 0.1) is 0 Å². The second-order valence-electron chi connectivity index (χ2n) is 5.49. The molecule has 0 saturated carbocycles. The second-order valence-corrected chi connectivity index (χ2v) is 7.69. The van der Waals surface area contributed by atoms with Gasteiger partial charge in [0.15, 0.2) is 6.61 Å². The number of rotatable bonds is 9. The van der Waals surface area contributed by atoms with Crippen LogP contribution in [0.15, 0.2) is 53.4 Å². The molecular formula is C18H21ClN2O4S. The highest BCUT2D eigenvalue weighted by molar-refractivity contribution is 7.89. The first kappa shape index (κ1) is 20.2. The number of hydrogen-bond acceptors (Lipinski definition) is 4. The maximum absolute atomic E-state index is 12.1. The summed E-state index contributed by atoms with van der Waals surface area (Å²) in [5, 5.41) is 2.93. The van der Waals surface area contributed by atoms with Crippen molar-refractivity contribution >= 4 is 27.5 Å². The lowest BCUT2D eigenvalue weighted by Crippen LogP contribution is -2.36. The number of aryl methyl sites for hydroxylation is 1. The Morgan fingerprint density at radius 3 is 2.50 bits per heavy atom. The van der Waals surface area contributed by atoms with Gasteiger partial charge in [-0.1, -0.05) is 36.7 Å². The number of hydrogen-bond donors (Lipinski definition) is 2. The minimum absolute atomic E-state index is 0.0613. The Morgan fingerprint density at radius 1 is 1.12 bits per heavy atom. The Kier molecular flexibility index (Phi) is 7.44. The third kappa shape index (κ3) is 6.33. The highest BCUT2D eigenvalue weighted by Gasteiger charge is 2.13. The van der Waals surface area contributed by atoms with E-state index in [0.29, 0.717) is 10.8 Å². The van der Waals surface area contributed by atoms with E-state index in [-0.39, 0.29) is 30.5 Å². The molecule has 0 heterocycles. The molecule has 0 aliphatic rings. The lowest BCUT2D eigenvalue weighted by atomic mass is 10.2. The average Bonchev–Trinajstić information content (AvgIpc) is 2.64. The predicted molar refractivity (Wildman–Crippen MR) is 101 cm³/mol. The van der Waals surface area contributed by atoms with Gasteiger partial charge in [-0.15, -0.1) is 0 Å². The predicted octanol–water partition coefficient (Wildman–Crippen LogP) is 2.38. The van der Waals surface area contributed by atoms with Gasteiger partial charge in [0.2, 0.25) is 10.0 Å². The van der Waals surface area contributed by atoms with Crippen molar-refractivity contribution in [3.63, 3.8) is 0 Å². The Balaban J connectivity index is 1.71. The van der Waals surface area contributed by atoms with Crippen LogP contribution in [-0.4, -0.2) is 34.0 Å². The van der Waals surface area contributed by atoms with Gasteiger partial charge >= 0.3 is 0 Å². The first-order valence-electron chi connectivity index (χ1n) is 8.14. The van der Waals surface area contributed by atoms with Gasteiger partial charge in [0.05, 0.1) is 4.90 Å². The first-order chi connectivity index (χ1) is 12.4. The third-order valence-electron chi connectivity index (χ3n) is 3.55. The number of carbonyl (C=O) groups is 1. The lowest BCUT2D eigenvalue weighted by molar-refractivity contribution is -0.123. The molecule has 0 spiro atoms. The summed E-state index contributed by atoms with van der Waals surface area (Å²) in [6.07, 6.45) is 0.936. The fourth-order valence-corrected chi connectivity index (χ4v) is 3.46. The van der Waals surface area contributed by atoms with Crippen molar-refractivity contribution in [1.29, 1.82) is 0 Å². The van der Waals surface area contributed by atoms with E-state index in [1.165, 1.54) is 17.7 Å². The summed E-state index contributed by atoms with van der Waals surface area (Å²) in [7, 11) is -3.66. The van der Waals surface area contributed by atoms with Gasteiger partial charge in [0.1, 0.15) is 5.75 Å². The van der Waals surface area contributed by atoms with Crippen LogP contribution >= 0.6 is 11.6 Å². The zero-order chi connectivity index (χ0) is 19.0. The summed E-state index contributed by atoms with van der Waals surface area (Å²) >= 11 is 5.79. The Labute approximate surface area is 158 Å². The molecule has 0 radical (unpaired) electrons. The van der Waals surface area contributed by atoms with Crippen LogP contribution in [0.1, 0.15) is 12.5 Å². The Morgan fingerprint density at radius 2 is 1.85 bits per heavy atom. The maximum atomic E-state index is 12.1. The molecule has 6 nitrogen and oxygen atoms in total. The third-order valence-corrected chi connectivity index (χ3v) is 5.24. The monoisotopic (exact) mass is 396 g/mol. The molecule has 8 heteroatoms. The number of amides is 1. The topological polar surface area (TPSA) is 84.5 Å². The van der Waals surface area contributed by atoms with Crippen LogP contribution in [0.4, 0.5) is 0 Å². The summed E-state index contributed by atoms with van der Waals surface area (Å²) < 4.78 is 32.0. The molecule has 0 unspecified atom stereocenters. The zero-order valence-electron chi connectivity index (χ0n) is 14.4. The highest BCUT2D eigenvalue weighted by atomic mass is 35.5. The van der Waals surface area contributed by atoms with E-state index in [9.17, 15) is 13.2 Å². The molecule has 0 aliphatic heterocycles. The van der Waals surface area contributed by atoms with E-state index >= 15 is 0 Å². The van der Waals surface area contributed by atoms with Gasteiger partial charge in [0, 0.05) is 18.1 Å². The molecule has 2 aromatic carbocycles. The molecule has 140 valence electrons. The quantitative estimate of drug-likeness (QED) is 0.637. The van der Waals surface area contributed by atoms with Crippen molar-refractivity contribution in [2.75, 3.05) is 19.7 Å². The average molecular weight is 397 g/mol. The van der Waals surface area contributed by atoms with E-state index in [0.717, 1.165) is 6.42 Å². The fraction of sp³-hybridized carbons (Fsp3) is 0.278. The van der Waals surface area contributed by atoms with Gasteiger partial charge in [-0.3, -0.25) is 4.79 Å². The number of carbonyl (C=O) groups excluding carboxylic acids is 1. The number of halogens is 1. The van der Waals surface area contributed by atoms with Crippen LogP contribution in [0.2, 0.25) is 5.02 Å². The summed E-state index contributed by atoms with van der Waals surface area (Å²) in [5.74, 6) is 0.283. The van der Waals surface area contributed by atoms with Gasteiger partial charge in [-0.25, -0.2) is 13.1 Å². The van der Waals surface area contributed by atoms with Crippen LogP contribution in [0.3, 0.4) is 0 Å². The molecular weight excluding hydrogens is 376 g/mol. The summed E-state index contributed by atoms with van der Waals surface area (Å²) in [4.78, 5) is 11.8.